The van der Waals surface area contributed by atoms with Crippen molar-refractivity contribution in [3.05, 3.63) is 17.2 Å². The lowest BCUT2D eigenvalue weighted by Gasteiger charge is -2.32. The summed E-state index contributed by atoms with van der Waals surface area (Å²) in [6, 6.07) is 0. The SMILES string of the molecule is Cc1nc(C)n(C[C@H]2CN(CC(=O)Nc3nncs3)CCO2)n1. The zero-order valence-corrected chi connectivity index (χ0v) is 13.9. The molecule has 1 aliphatic heterocycles. The zero-order valence-electron chi connectivity index (χ0n) is 13.1. The predicted octanol–water partition coefficient (Wildman–Crippen LogP) is 0.0859. The van der Waals surface area contributed by atoms with Gasteiger partial charge in [0.25, 0.3) is 0 Å². The van der Waals surface area contributed by atoms with Gasteiger partial charge in [-0.1, -0.05) is 11.3 Å². The fraction of sp³-hybridized carbons (Fsp3) is 0.615. The fourth-order valence-electron chi connectivity index (χ4n) is 2.55. The van der Waals surface area contributed by atoms with Crippen molar-refractivity contribution in [3.8, 4) is 0 Å². The van der Waals surface area contributed by atoms with Crippen molar-refractivity contribution in [2.24, 2.45) is 0 Å². The number of hydrogen-bond donors (Lipinski definition) is 1. The normalized spacial score (nSPS) is 19.0. The summed E-state index contributed by atoms with van der Waals surface area (Å²) in [5.41, 5.74) is 1.59. The van der Waals surface area contributed by atoms with Crippen LogP contribution in [0.5, 0.6) is 0 Å². The molecule has 1 fully saturated rings. The first-order chi connectivity index (χ1) is 11.1. The maximum Gasteiger partial charge on any atom is 0.240 e. The zero-order chi connectivity index (χ0) is 16.2. The van der Waals surface area contributed by atoms with Gasteiger partial charge < -0.3 is 4.74 Å². The van der Waals surface area contributed by atoms with Crippen LogP contribution in [0, 0.1) is 13.8 Å². The number of anilines is 1. The lowest BCUT2D eigenvalue weighted by molar-refractivity contribution is -0.119. The highest BCUT2D eigenvalue weighted by molar-refractivity contribution is 7.13. The standard InChI is InChI=1S/C13H19N7O2S/c1-9-15-10(2)20(18-9)6-11-5-19(3-4-22-11)7-12(21)16-13-17-14-8-23-13/h8,11H,3-7H2,1-2H3,(H,16,17,21)/t11-/m1/s1. The molecule has 0 radical (unpaired) electrons. The summed E-state index contributed by atoms with van der Waals surface area (Å²) < 4.78 is 7.63. The van der Waals surface area contributed by atoms with Crippen LogP contribution in [0.1, 0.15) is 11.6 Å². The minimum atomic E-state index is -0.0878. The number of aromatic nitrogens is 5. The maximum atomic E-state index is 12.0. The van der Waals surface area contributed by atoms with Gasteiger partial charge in [-0.25, -0.2) is 9.67 Å². The molecule has 2 aromatic rings. The summed E-state index contributed by atoms with van der Waals surface area (Å²) in [6.45, 7) is 6.77. The highest BCUT2D eigenvalue weighted by Crippen LogP contribution is 2.11. The molecule has 1 N–H and O–H groups in total. The van der Waals surface area contributed by atoms with Gasteiger partial charge in [0, 0.05) is 13.1 Å². The molecule has 124 valence electrons. The van der Waals surface area contributed by atoms with E-state index >= 15 is 0 Å². The van der Waals surface area contributed by atoms with Gasteiger partial charge in [-0.3, -0.25) is 15.0 Å². The predicted molar refractivity (Wildman–Crippen MR) is 84.2 cm³/mol. The Morgan fingerprint density at radius 2 is 2.39 bits per heavy atom. The molecule has 3 rings (SSSR count). The van der Waals surface area contributed by atoms with Crippen molar-refractivity contribution in [1.29, 1.82) is 0 Å². The van der Waals surface area contributed by atoms with Gasteiger partial charge in [-0.05, 0) is 13.8 Å². The van der Waals surface area contributed by atoms with Gasteiger partial charge in [-0.15, -0.1) is 10.2 Å². The van der Waals surface area contributed by atoms with Crippen LogP contribution in [-0.4, -0.2) is 68.1 Å². The second-order valence-corrected chi connectivity index (χ2v) is 6.24. The van der Waals surface area contributed by atoms with Crippen molar-refractivity contribution < 1.29 is 9.53 Å². The summed E-state index contributed by atoms with van der Waals surface area (Å²) in [6.07, 6.45) is -0.00196. The topological polar surface area (TPSA) is 98.1 Å². The van der Waals surface area contributed by atoms with Crippen LogP contribution in [0.15, 0.2) is 5.51 Å². The molecule has 0 spiro atoms. The van der Waals surface area contributed by atoms with Crippen LogP contribution in [0.2, 0.25) is 0 Å². The van der Waals surface area contributed by atoms with Crippen molar-refractivity contribution in [3.63, 3.8) is 0 Å². The van der Waals surface area contributed by atoms with E-state index in [-0.39, 0.29) is 12.0 Å². The second-order valence-electron chi connectivity index (χ2n) is 5.41. The highest BCUT2D eigenvalue weighted by atomic mass is 32.1. The molecule has 0 bridgehead atoms. The average molecular weight is 337 g/mol. The summed E-state index contributed by atoms with van der Waals surface area (Å²) >= 11 is 1.30. The first kappa shape index (κ1) is 16.0. The molecular formula is C13H19N7O2S. The Hall–Kier alpha value is -1.91. The summed E-state index contributed by atoms with van der Waals surface area (Å²) in [7, 11) is 0. The van der Waals surface area contributed by atoms with Crippen LogP contribution in [0.4, 0.5) is 5.13 Å². The molecule has 10 heteroatoms. The molecule has 1 atom stereocenters. The van der Waals surface area contributed by atoms with E-state index in [0.717, 1.165) is 18.2 Å². The van der Waals surface area contributed by atoms with Crippen molar-refractivity contribution in [1.82, 2.24) is 29.9 Å². The van der Waals surface area contributed by atoms with Gasteiger partial charge in [0.2, 0.25) is 11.0 Å². The Kier molecular flexibility index (Phi) is 4.94. The molecule has 1 saturated heterocycles. The largest absolute Gasteiger partial charge is 0.374 e. The Bertz CT molecular complexity index is 657. The lowest BCUT2D eigenvalue weighted by atomic mass is 10.2. The molecule has 0 aliphatic carbocycles. The van der Waals surface area contributed by atoms with Gasteiger partial charge in [0.1, 0.15) is 17.2 Å². The van der Waals surface area contributed by atoms with E-state index in [1.165, 1.54) is 11.3 Å². The average Bonchev–Trinajstić information content (AvgIpc) is 3.09. The van der Waals surface area contributed by atoms with Gasteiger partial charge in [0.05, 0.1) is 25.8 Å². The van der Waals surface area contributed by atoms with Gasteiger partial charge in [0.15, 0.2) is 0 Å². The minimum Gasteiger partial charge on any atom is -0.374 e. The lowest BCUT2D eigenvalue weighted by Crippen LogP contribution is -2.47. The van der Waals surface area contributed by atoms with Crippen LogP contribution in [0.3, 0.4) is 0 Å². The number of rotatable bonds is 5. The molecule has 0 unspecified atom stereocenters. The minimum absolute atomic E-state index is 0.00196. The van der Waals surface area contributed by atoms with Crippen LogP contribution in [-0.2, 0) is 16.1 Å². The third kappa shape index (κ3) is 4.30. The summed E-state index contributed by atoms with van der Waals surface area (Å²) in [5, 5.41) is 15.1. The molecule has 9 nitrogen and oxygen atoms in total. The Morgan fingerprint density at radius 3 is 3.09 bits per heavy atom. The van der Waals surface area contributed by atoms with E-state index < -0.39 is 0 Å². The number of hydrogen-bond acceptors (Lipinski definition) is 8. The first-order valence-electron chi connectivity index (χ1n) is 7.38. The quantitative estimate of drug-likeness (QED) is 0.825. The molecule has 1 amide bonds. The van der Waals surface area contributed by atoms with E-state index in [1.807, 2.05) is 18.5 Å². The fourth-order valence-corrected chi connectivity index (χ4v) is 3.01. The smallest absolute Gasteiger partial charge is 0.240 e. The number of aryl methyl sites for hydroxylation is 2. The van der Waals surface area contributed by atoms with Crippen LogP contribution >= 0.6 is 11.3 Å². The number of ether oxygens (including phenoxy) is 1. The molecule has 1 aliphatic rings. The number of carbonyl (C=O) groups is 1. The summed E-state index contributed by atoms with van der Waals surface area (Å²) in [5.74, 6) is 1.54. The van der Waals surface area contributed by atoms with Crippen LogP contribution in [0.25, 0.3) is 0 Å². The molecule has 0 saturated carbocycles. The Labute approximate surface area is 137 Å². The Balaban J connectivity index is 1.51. The third-order valence-electron chi connectivity index (χ3n) is 3.54. The van der Waals surface area contributed by atoms with Crippen molar-refractivity contribution >= 4 is 22.4 Å². The Morgan fingerprint density at radius 1 is 1.52 bits per heavy atom. The molecule has 3 heterocycles. The monoisotopic (exact) mass is 337 g/mol. The maximum absolute atomic E-state index is 12.0. The summed E-state index contributed by atoms with van der Waals surface area (Å²) in [4.78, 5) is 18.4. The van der Waals surface area contributed by atoms with E-state index in [9.17, 15) is 4.79 Å². The molecule has 2 aromatic heterocycles. The van der Waals surface area contributed by atoms with E-state index in [2.05, 4.69) is 30.5 Å². The first-order valence-corrected chi connectivity index (χ1v) is 8.26. The van der Waals surface area contributed by atoms with E-state index in [4.69, 9.17) is 4.74 Å². The number of carbonyl (C=O) groups excluding carboxylic acids is 1. The van der Waals surface area contributed by atoms with E-state index in [1.54, 1.807) is 5.51 Å². The van der Waals surface area contributed by atoms with Gasteiger partial charge in [-0.2, -0.15) is 5.10 Å². The number of amides is 1. The highest BCUT2D eigenvalue weighted by Gasteiger charge is 2.23. The third-order valence-corrected chi connectivity index (χ3v) is 4.14. The second kappa shape index (κ2) is 7.11. The molecule has 23 heavy (non-hydrogen) atoms. The van der Waals surface area contributed by atoms with E-state index in [0.29, 0.717) is 31.4 Å². The number of nitrogens with one attached hydrogen (secondary N) is 1. The van der Waals surface area contributed by atoms with Crippen molar-refractivity contribution in [2.45, 2.75) is 26.5 Å². The number of nitrogens with zero attached hydrogens (tertiary/aromatic N) is 6. The van der Waals surface area contributed by atoms with Crippen LogP contribution < -0.4 is 5.32 Å². The molecule has 0 aromatic carbocycles. The van der Waals surface area contributed by atoms with Gasteiger partial charge >= 0.3 is 0 Å². The van der Waals surface area contributed by atoms with Crippen molar-refractivity contribution in [2.75, 3.05) is 31.6 Å². The molecular weight excluding hydrogens is 318 g/mol. The number of morpholine rings is 1.